The first-order valence-corrected chi connectivity index (χ1v) is 11.4. The van der Waals surface area contributed by atoms with Crippen LogP contribution in [0.25, 0.3) is 0 Å². The summed E-state index contributed by atoms with van der Waals surface area (Å²) >= 11 is 0. The van der Waals surface area contributed by atoms with E-state index < -0.39 is 0 Å². The number of nitrogens with zero attached hydrogens (tertiary/aromatic N) is 3. The zero-order valence-electron chi connectivity index (χ0n) is 19.0. The first-order chi connectivity index (χ1) is 16.5. The van der Waals surface area contributed by atoms with Crippen LogP contribution < -0.4 is 9.64 Å². The molecule has 34 heavy (non-hydrogen) atoms. The van der Waals surface area contributed by atoms with Gasteiger partial charge in [-0.25, -0.2) is 4.39 Å². The van der Waals surface area contributed by atoms with Crippen molar-refractivity contribution >= 4 is 17.5 Å². The van der Waals surface area contributed by atoms with E-state index in [1.165, 1.54) is 22.6 Å². The molecule has 3 aromatic rings. The molecular formula is C27H26FN3O3. The summed E-state index contributed by atoms with van der Waals surface area (Å²) in [6.45, 7) is 4.08. The number of amides is 2. The van der Waals surface area contributed by atoms with Gasteiger partial charge in [-0.1, -0.05) is 30.3 Å². The number of hydrogen-bond donors (Lipinski definition) is 0. The lowest BCUT2D eigenvalue weighted by Crippen LogP contribution is -2.46. The number of methoxy groups -OCH3 is 1. The SMILES string of the molecule is COc1cccc(CN2CCN(c3cccc4c3C(=O)N(Cc3cccc(F)c3)C4=O)CC2)c1. The van der Waals surface area contributed by atoms with Gasteiger partial charge in [-0.3, -0.25) is 19.4 Å². The fourth-order valence-electron chi connectivity index (χ4n) is 4.72. The maximum Gasteiger partial charge on any atom is 0.263 e. The van der Waals surface area contributed by atoms with E-state index in [0.717, 1.165) is 44.2 Å². The van der Waals surface area contributed by atoms with Gasteiger partial charge in [0.05, 0.1) is 30.5 Å². The summed E-state index contributed by atoms with van der Waals surface area (Å²) in [5.41, 5.74) is 3.44. The average Bonchev–Trinajstić information content (AvgIpc) is 3.10. The normalized spacial score (nSPS) is 16.2. The van der Waals surface area contributed by atoms with E-state index in [9.17, 15) is 14.0 Å². The minimum absolute atomic E-state index is 0.0534. The molecule has 0 saturated carbocycles. The molecule has 1 fully saturated rings. The molecule has 174 valence electrons. The highest BCUT2D eigenvalue weighted by Gasteiger charge is 2.38. The van der Waals surface area contributed by atoms with E-state index >= 15 is 0 Å². The number of fused-ring (bicyclic) bond motifs is 1. The second-order valence-corrected chi connectivity index (χ2v) is 8.64. The third kappa shape index (κ3) is 4.26. The van der Waals surface area contributed by atoms with Gasteiger partial charge in [0, 0.05) is 32.7 Å². The molecule has 2 amide bonds. The van der Waals surface area contributed by atoms with Crippen LogP contribution >= 0.6 is 0 Å². The van der Waals surface area contributed by atoms with Crippen LogP contribution in [0.2, 0.25) is 0 Å². The summed E-state index contributed by atoms with van der Waals surface area (Å²) in [6.07, 6.45) is 0. The number of halogens is 1. The summed E-state index contributed by atoms with van der Waals surface area (Å²) in [7, 11) is 1.67. The third-order valence-electron chi connectivity index (χ3n) is 6.46. The minimum atomic E-state index is -0.387. The van der Waals surface area contributed by atoms with Crippen molar-refractivity contribution in [3.8, 4) is 5.75 Å². The first kappa shape index (κ1) is 22.1. The Bertz CT molecular complexity index is 1240. The monoisotopic (exact) mass is 459 g/mol. The van der Waals surface area contributed by atoms with Crippen molar-refractivity contribution in [2.45, 2.75) is 13.1 Å². The Morgan fingerprint density at radius 2 is 1.53 bits per heavy atom. The molecule has 6 nitrogen and oxygen atoms in total. The highest BCUT2D eigenvalue weighted by atomic mass is 19.1. The molecule has 0 spiro atoms. The Morgan fingerprint density at radius 3 is 2.26 bits per heavy atom. The summed E-state index contributed by atoms with van der Waals surface area (Å²) < 4.78 is 18.9. The van der Waals surface area contributed by atoms with E-state index in [2.05, 4.69) is 15.9 Å². The third-order valence-corrected chi connectivity index (χ3v) is 6.46. The number of piperazine rings is 1. The Labute approximate surface area is 198 Å². The molecule has 7 heteroatoms. The largest absolute Gasteiger partial charge is 0.497 e. The zero-order valence-corrected chi connectivity index (χ0v) is 19.0. The molecule has 0 aromatic heterocycles. The molecule has 1 saturated heterocycles. The Hall–Kier alpha value is -3.71. The van der Waals surface area contributed by atoms with Gasteiger partial charge in [0.1, 0.15) is 11.6 Å². The van der Waals surface area contributed by atoms with Crippen LogP contribution in [0.15, 0.2) is 66.7 Å². The summed E-state index contributed by atoms with van der Waals surface area (Å²) in [5, 5.41) is 0. The van der Waals surface area contributed by atoms with Crippen LogP contribution in [0.4, 0.5) is 10.1 Å². The second-order valence-electron chi connectivity index (χ2n) is 8.64. The van der Waals surface area contributed by atoms with Crippen LogP contribution in [0.3, 0.4) is 0 Å². The van der Waals surface area contributed by atoms with Gasteiger partial charge in [-0.05, 0) is 47.5 Å². The number of rotatable bonds is 6. The maximum atomic E-state index is 13.6. The van der Waals surface area contributed by atoms with Crippen molar-refractivity contribution in [3.05, 3.63) is 94.8 Å². The lowest BCUT2D eigenvalue weighted by molar-refractivity contribution is 0.0642. The topological polar surface area (TPSA) is 53.1 Å². The van der Waals surface area contributed by atoms with Crippen LogP contribution in [0, 0.1) is 5.82 Å². The van der Waals surface area contributed by atoms with Crippen molar-refractivity contribution in [2.24, 2.45) is 0 Å². The Balaban J connectivity index is 1.30. The van der Waals surface area contributed by atoms with E-state index in [-0.39, 0.29) is 24.2 Å². The van der Waals surface area contributed by atoms with Gasteiger partial charge in [0.25, 0.3) is 11.8 Å². The highest BCUT2D eigenvalue weighted by Crippen LogP contribution is 2.33. The predicted molar refractivity (Wildman–Crippen MR) is 128 cm³/mol. The highest BCUT2D eigenvalue weighted by molar-refractivity contribution is 6.23. The fraction of sp³-hybridized carbons (Fsp3) is 0.259. The number of anilines is 1. The van der Waals surface area contributed by atoms with E-state index in [0.29, 0.717) is 16.7 Å². The van der Waals surface area contributed by atoms with Gasteiger partial charge >= 0.3 is 0 Å². The molecular weight excluding hydrogens is 433 g/mol. The van der Waals surface area contributed by atoms with Crippen LogP contribution in [0.1, 0.15) is 31.8 Å². The summed E-state index contributed by atoms with van der Waals surface area (Å²) in [4.78, 5) is 32.1. The molecule has 0 atom stereocenters. The second kappa shape index (κ2) is 9.27. The smallest absolute Gasteiger partial charge is 0.263 e. The standard InChI is InChI=1S/C27H26FN3O3/c1-34-22-8-3-6-20(16-22)17-29-11-13-30(14-12-29)24-10-4-9-23-25(24)27(33)31(26(23)32)18-19-5-2-7-21(28)15-19/h2-10,15-16H,11-14,17-18H2,1H3. The maximum absolute atomic E-state index is 13.6. The van der Waals surface area contributed by atoms with Gasteiger partial charge < -0.3 is 9.64 Å². The molecule has 3 aromatic carbocycles. The van der Waals surface area contributed by atoms with Crippen molar-refractivity contribution in [1.29, 1.82) is 0 Å². The molecule has 0 bridgehead atoms. The Morgan fingerprint density at radius 1 is 0.824 bits per heavy atom. The lowest BCUT2D eigenvalue weighted by Gasteiger charge is -2.36. The molecule has 2 aliphatic rings. The molecule has 2 aliphatic heterocycles. The molecule has 0 unspecified atom stereocenters. The summed E-state index contributed by atoms with van der Waals surface area (Å²) in [6, 6.07) is 19.5. The predicted octanol–water partition coefficient (Wildman–Crippen LogP) is 3.95. The van der Waals surface area contributed by atoms with Crippen molar-refractivity contribution in [2.75, 3.05) is 38.2 Å². The molecule has 2 heterocycles. The van der Waals surface area contributed by atoms with Crippen LogP contribution in [-0.4, -0.2) is 54.9 Å². The number of ether oxygens (including phenoxy) is 1. The first-order valence-electron chi connectivity index (χ1n) is 11.4. The van der Waals surface area contributed by atoms with Crippen molar-refractivity contribution in [3.63, 3.8) is 0 Å². The molecule has 5 rings (SSSR count). The Kier molecular flexibility index (Phi) is 6.02. The zero-order chi connectivity index (χ0) is 23.7. The number of carbonyl (C=O) groups is 2. The van der Waals surface area contributed by atoms with Crippen molar-refractivity contribution < 1.29 is 18.7 Å². The van der Waals surface area contributed by atoms with E-state index in [1.54, 1.807) is 25.3 Å². The number of benzene rings is 3. The molecule has 0 radical (unpaired) electrons. The molecule has 0 aliphatic carbocycles. The summed E-state index contributed by atoms with van der Waals surface area (Å²) in [5.74, 6) is -0.190. The fourth-order valence-corrected chi connectivity index (χ4v) is 4.72. The van der Waals surface area contributed by atoms with Crippen molar-refractivity contribution in [1.82, 2.24) is 9.80 Å². The molecule has 0 N–H and O–H groups in total. The van der Waals surface area contributed by atoms with Gasteiger partial charge in [0.15, 0.2) is 0 Å². The van der Waals surface area contributed by atoms with Crippen LogP contribution in [-0.2, 0) is 13.1 Å². The lowest BCUT2D eigenvalue weighted by atomic mass is 10.1. The number of carbonyl (C=O) groups excluding carboxylic acids is 2. The van der Waals surface area contributed by atoms with Crippen LogP contribution in [0.5, 0.6) is 5.75 Å². The average molecular weight is 460 g/mol. The van der Waals surface area contributed by atoms with Gasteiger partial charge in [0.2, 0.25) is 0 Å². The quantitative estimate of drug-likeness (QED) is 0.523. The van der Waals surface area contributed by atoms with Gasteiger partial charge in [-0.15, -0.1) is 0 Å². The minimum Gasteiger partial charge on any atom is -0.497 e. The number of hydrogen-bond acceptors (Lipinski definition) is 5. The van der Waals surface area contributed by atoms with E-state index in [4.69, 9.17) is 4.74 Å². The van der Waals surface area contributed by atoms with Gasteiger partial charge in [-0.2, -0.15) is 0 Å². The van der Waals surface area contributed by atoms with E-state index in [1.807, 2.05) is 30.3 Å². The number of imide groups is 1.